The molecule has 1 aromatic carbocycles. The minimum Gasteiger partial charge on any atom is -0.366 e. The lowest BCUT2D eigenvalue weighted by molar-refractivity contribution is 0.1000. The molecule has 7 heteroatoms. The smallest absolute Gasteiger partial charge is 0.248 e. The van der Waals surface area contributed by atoms with E-state index < -0.39 is 11.7 Å². The van der Waals surface area contributed by atoms with Crippen molar-refractivity contribution in [3.05, 3.63) is 46.9 Å². The van der Waals surface area contributed by atoms with Crippen molar-refractivity contribution in [2.24, 2.45) is 5.73 Å². The van der Waals surface area contributed by atoms with Gasteiger partial charge >= 0.3 is 0 Å². The highest BCUT2D eigenvalue weighted by Crippen LogP contribution is 2.10. The summed E-state index contributed by atoms with van der Waals surface area (Å²) in [6, 6.07) is 3.99. The van der Waals surface area contributed by atoms with E-state index in [2.05, 4.69) is 15.5 Å². The van der Waals surface area contributed by atoms with Crippen molar-refractivity contribution < 1.29 is 13.7 Å². The number of rotatable bonds is 5. The molecule has 0 radical (unpaired) electrons. The first-order valence-corrected chi connectivity index (χ1v) is 5.64. The molecule has 1 aromatic heterocycles. The summed E-state index contributed by atoms with van der Waals surface area (Å²) in [5, 5.41) is 6.66. The van der Waals surface area contributed by atoms with Gasteiger partial charge in [-0.25, -0.2) is 4.39 Å². The molecule has 100 valence electrons. The average molecular weight is 264 g/mol. The number of benzene rings is 1. The molecule has 0 saturated carbocycles. The van der Waals surface area contributed by atoms with E-state index >= 15 is 0 Å². The molecule has 0 saturated heterocycles. The first-order valence-electron chi connectivity index (χ1n) is 5.64. The summed E-state index contributed by atoms with van der Waals surface area (Å²) in [5.74, 6) is -0.0282. The molecule has 6 nitrogen and oxygen atoms in total. The summed E-state index contributed by atoms with van der Waals surface area (Å²) in [6.45, 7) is 2.27. The summed E-state index contributed by atoms with van der Waals surface area (Å²) < 4.78 is 18.3. The molecular weight excluding hydrogens is 251 g/mol. The molecule has 0 atom stereocenters. The predicted octanol–water partition coefficient (Wildman–Crippen LogP) is 0.906. The van der Waals surface area contributed by atoms with E-state index in [9.17, 15) is 9.18 Å². The topological polar surface area (TPSA) is 94.0 Å². The third kappa shape index (κ3) is 3.35. The summed E-state index contributed by atoms with van der Waals surface area (Å²) in [7, 11) is 0. The molecule has 0 unspecified atom stereocenters. The molecule has 2 rings (SSSR count). The Kier molecular flexibility index (Phi) is 3.86. The standard InChI is InChI=1S/C12H13FN4O2/c1-7-16-11(17-19-7)6-15-5-9-4-8(12(14)18)2-3-10(9)13/h2-4,15H,5-6H2,1H3,(H2,14,18). The second kappa shape index (κ2) is 5.57. The van der Waals surface area contributed by atoms with Crippen LogP contribution in [0.2, 0.25) is 0 Å². The number of carbonyl (C=O) groups excluding carboxylic acids is 1. The van der Waals surface area contributed by atoms with Gasteiger partial charge in [0.25, 0.3) is 0 Å². The highest BCUT2D eigenvalue weighted by atomic mass is 19.1. The highest BCUT2D eigenvalue weighted by Gasteiger charge is 2.08. The molecule has 0 spiro atoms. The zero-order valence-electron chi connectivity index (χ0n) is 10.3. The highest BCUT2D eigenvalue weighted by molar-refractivity contribution is 5.92. The van der Waals surface area contributed by atoms with Crippen LogP contribution in [-0.2, 0) is 13.1 Å². The third-order valence-corrected chi connectivity index (χ3v) is 2.50. The number of aryl methyl sites for hydroxylation is 1. The van der Waals surface area contributed by atoms with Crippen molar-refractivity contribution in [3.8, 4) is 0 Å². The molecule has 1 heterocycles. The maximum absolute atomic E-state index is 13.5. The number of primary amides is 1. The Morgan fingerprint density at radius 3 is 2.89 bits per heavy atom. The molecule has 19 heavy (non-hydrogen) atoms. The third-order valence-electron chi connectivity index (χ3n) is 2.50. The largest absolute Gasteiger partial charge is 0.366 e. The molecule has 2 aromatic rings. The van der Waals surface area contributed by atoms with Gasteiger partial charge in [-0.15, -0.1) is 0 Å². The van der Waals surface area contributed by atoms with E-state index in [4.69, 9.17) is 10.3 Å². The van der Waals surface area contributed by atoms with Crippen LogP contribution < -0.4 is 11.1 Å². The molecule has 0 aliphatic heterocycles. The van der Waals surface area contributed by atoms with Crippen molar-refractivity contribution in [1.82, 2.24) is 15.5 Å². The van der Waals surface area contributed by atoms with E-state index in [0.29, 0.717) is 23.8 Å². The van der Waals surface area contributed by atoms with E-state index in [1.165, 1.54) is 18.2 Å². The summed E-state index contributed by atoms with van der Waals surface area (Å²) >= 11 is 0. The predicted molar refractivity (Wildman–Crippen MR) is 64.5 cm³/mol. The molecule has 0 fully saturated rings. The number of hydrogen-bond acceptors (Lipinski definition) is 5. The SMILES string of the molecule is Cc1nc(CNCc2cc(C(N)=O)ccc2F)no1. The average Bonchev–Trinajstić information content (AvgIpc) is 2.77. The monoisotopic (exact) mass is 264 g/mol. The maximum atomic E-state index is 13.5. The second-order valence-electron chi connectivity index (χ2n) is 4.00. The van der Waals surface area contributed by atoms with Crippen LogP contribution in [0.1, 0.15) is 27.6 Å². The fourth-order valence-corrected chi connectivity index (χ4v) is 1.59. The Morgan fingerprint density at radius 2 is 2.26 bits per heavy atom. The lowest BCUT2D eigenvalue weighted by Crippen LogP contribution is -2.16. The number of nitrogens with two attached hydrogens (primary N) is 1. The fraction of sp³-hybridized carbons (Fsp3) is 0.250. The molecular formula is C12H13FN4O2. The van der Waals surface area contributed by atoms with Crippen molar-refractivity contribution in [3.63, 3.8) is 0 Å². The molecule has 0 aliphatic carbocycles. The van der Waals surface area contributed by atoms with E-state index in [-0.39, 0.29) is 12.1 Å². The number of nitrogens with zero attached hydrogens (tertiary/aromatic N) is 2. The van der Waals surface area contributed by atoms with Crippen molar-refractivity contribution in [1.29, 1.82) is 0 Å². The lowest BCUT2D eigenvalue weighted by atomic mass is 10.1. The van der Waals surface area contributed by atoms with Gasteiger partial charge < -0.3 is 15.6 Å². The minimum atomic E-state index is -0.588. The van der Waals surface area contributed by atoms with Crippen LogP contribution in [-0.4, -0.2) is 16.0 Å². The van der Waals surface area contributed by atoms with Crippen LogP contribution in [0, 0.1) is 12.7 Å². The quantitative estimate of drug-likeness (QED) is 0.837. The van der Waals surface area contributed by atoms with Crippen LogP contribution in [0.4, 0.5) is 4.39 Å². The summed E-state index contributed by atoms with van der Waals surface area (Å²) in [5.41, 5.74) is 5.77. The Bertz CT molecular complexity index is 597. The fourth-order valence-electron chi connectivity index (χ4n) is 1.59. The zero-order valence-corrected chi connectivity index (χ0v) is 10.3. The van der Waals surface area contributed by atoms with Gasteiger partial charge in [-0.2, -0.15) is 4.98 Å². The number of carbonyl (C=O) groups is 1. The number of nitrogens with one attached hydrogen (secondary N) is 1. The summed E-state index contributed by atoms with van der Waals surface area (Å²) in [4.78, 5) is 15.0. The van der Waals surface area contributed by atoms with Crippen LogP contribution >= 0.6 is 0 Å². The van der Waals surface area contributed by atoms with E-state index in [1.54, 1.807) is 6.92 Å². The second-order valence-corrected chi connectivity index (χ2v) is 4.00. The van der Waals surface area contributed by atoms with E-state index in [0.717, 1.165) is 0 Å². The normalized spacial score (nSPS) is 10.6. The van der Waals surface area contributed by atoms with Crippen molar-refractivity contribution in [2.75, 3.05) is 0 Å². The maximum Gasteiger partial charge on any atom is 0.248 e. The van der Waals surface area contributed by atoms with Gasteiger partial charge in [0.05, 0.1) is 6.54 Å². The Morgan fingerprint density at radius 1 is 1.47 bits per heavy atom. The molecule has 0 aliphatic rings. The van der Waals surface area contributed by atoms with Crippen LogP contribution in [0.25, 0.3) is 0 Å². The number of aromatic nitrogens is 2. The number of hydrogen-bond donors (Lipinski definition) is 2. The lowest BCUT2D eigenvalue weighted by Gasteiger charge is -2.05. The van der Waals surface area contributed by atoms with Gasteiger partial charge in [-0.05, 0) is 18.2 Å². The van der Waals surface area contributed by atoms with Gasteiger partial charge in [-0.3, -0.25) is 4.79 Å². The Labute approximate surface area is 108 Å². The first-order chi connectivity index (χ1) is 9.06. The number of halogens is 1. The number of amides is 1. The Balaban J connectivity index is 1.99. The van der Waals surface area contributed by atoms with Crippen LogP contribution in [0.15, 0.2) is 22.7 Å². The van der Waals surface area contributed by atoms with Gasteiger partial charge in [-0.1, -0.05) is 5.16 Å². The summed E-state index contributed by atoms with van der Waals surface area (Å²) in [6.07, 6.45) is 0. The van der Waals surface area contributed by atoms with Gasteiger partial charge in [0.1, 0.15) is 5.82 Å². The van der Waals surface area contributed by atoms with Gasteiger partial charge in [0, 0.05) is 24.6 Å². The van der Waals surface area contributed by atoms with Gasteiger partial charge in [0.2, 0.25) is 11.8 Å². The van der Waals surface area contributed by atoms with E-state index in [1.807, 2.05) is 0 Å². The first kappa shape index (κ1) is 13.2. The minimum absolute atomic E-state index is 0.237. The zero-order chi connectivity index (χ0) is 13.8. The molecule has 3 N–H and O–H groups in total. The van der Waals surface area contributed by atoms with Crippen LogP contribution in [0.3, 0.4) is 0 Å². The molecule has 1 amide bonds. The molecule has 0 bridgehead atoms. The van der Waals surface area contributed by atoms with Crippen molar-refractivity contribution in [2.45, 2.75) is 20.0 Å². The van der Waals surface area contributed by atoms with Crippen molar-refractivity contribution >= 4 is 5.91 Å². The van der Waals surface area contributed by atoms with Gasteiger partial charge in [0.15, 0.2) is 5.82 Å². The van der Waals surface area contributed by atoms with Crippen LogP contribution in [0.5, 0.6) is 0 Å². The Hall–Kier alpha value is -2.28.